The van der Waals surface area contributed by atoms with Crippen molar-refractivity contribution in [3.8, 4) is 0 Å². The third-order valence-corrected chi connectivity index (χ3v) is 2.73. The Morgan fingerprint density at radius 2 is 2.15 bits per heavy atom. The summed E-state index contributed by atoms with van der Waals surface area (Å²) in [5.74, 6) is 1.31. The first kappa shape index (κ1) is 8.53. The molecule has 1 fully saturated rings. The van der Waals surface area contributed by atoms with Gasteiger partial charge in [-0.15, -0.1) is 5.10 Å². The lowest BCUT2D eigenvalue weighted by atomic mass is 9.89. The molecule has 1 aromatic rings. The lowest BCUT2D eigenvalue weighted by molar-refractivity contribution is 0.305. The van der Waals surface area contributed by atoms with E-state index in [1.165, 1.54) is 32.1 Å². The molecule has 2 N–H and O–H groups in total. The van der Waals surface area contributed by atoms with Gasteiger partial charge in [-0.2, -0.15) is 0 Å². The Morgan fingerprint density at radius 3 is 2.77 bits per heavy atom. The van der Waals surface area contributed by atoms with Crippen molar-refractivity contribution in [3.05, 3.63) is 6.20 Å². The van der Waals surface area contributed by atoms with Gasteiger partial charge < -0.3 is 5.73 Å². The van der Waals surface area contributed by atoms with Gasteiger partial charge in [0.1, 0.15) is 0 Å². The second kappa shape index (κ2) is 3.77. The zero-order chi connectivity index (χ0) is 9.10. The Morgan fingerprint density at radius 1 is 1.38 bits per heavy atom. The van der Waals surface area contributed by atoms with Gasteiger partial charge in [0.25, 0.3) is 0 Å². The maximum absolute atomic E-state index is 5.49. The fourth-order valence-electron chi connectivity index (χ4n) is 2.04. The second-order valence-corrected chi connectivity index (χ2v) is 3.87. The van der Waals surface area contributed by atoms with Crippen LogP contribution >= 0.6 is 0 Å². The third-order valence-electron chi connectivity index (χ3n) is 2.73. The number of hydrogen-bond donors (Lipinski definition) is 1. The van der Waals surface area contributed by atoms with Crippen LogP contribution in [0.25, 0.3) is 0 Å². The lowest BCUT2D eigenvalue weighted by Crippen LogP contribution is -2.14. The van der Waals surface area contributed by atoms with E-state index in [0.717, 1.165) is 12.5 Å². The third kappa shape index (κ3) is 2.20. The number of nitrogen functional groups attached to an aromatic ring is 1. The highest BCUT2D eigenvalue weighted by Gasteiger charge is 2.14. The fourth-order valence-corrected chi connectivity index (χ4v) is 2.04. The largest absolute Gasteiger partial charge is 0.381 e. The monoisotopic (exact) mass is 180 g/mol. The fraction of sp³-hybridized carbons (Fsp3) is 0.778. The average molecular weight is 180 g/mol. The molecule has 0 aliphatic heterocycles. The molecule has 2 rings (SSSR count). The van der Waals surface area contributed by atoms with Crippen molar-refractivity contribution in [2.24, 2.45) is 5.92 Å². The average Bonchev–Trinajstić information content (AvgIpc) is 2.53. The smallest absolute Gasteiger partial charge is 0.165 e. The molecule has 1 saturated carbocycles. The molecule has 1 aliphatic carbocycles. The van der Waals surface area contributed by atoms with Crippen molar-refractivity contribution in [2.75, 3.05) is 5.73 Å². The van der Waals surface area contributed by atoms with Crippen LogP contribution in [0.4, 0.5) is 5.82 Å². The minimum atomic E-state index is 0.524. The molecule has 1 heterocycles. The van der Waals surface area contributed by atoms with E-state index in [2.05, 4.69) is 10.3 Å². The van der Waals surface area contributed by atoms with Crippen molar-refractivity contribution in [2.45, 2.75) is 38.6 Å². The van der Waals surface area contributed by atoms with E-state index in [4.69, 9.17) is 5.73 Å². The minimum absolute atomic E-state index is 0.524. The number of nitrogens with two attached hydrogens (primary N) is 1. The van der Waals surface area contributed by atoms with Gasteiger partial charge in [-0.3, -0.25) is 4.68 Å². The van der Waals surface area contributed by atoms with E-state index in [1.54, 1.807) is 0 Å². The molecule has 4 nitrogen and oxygen atoms in total. The Kier molecular flexibility index (Phi) is 2.47. The predicted molar refractivity (Wildman–Crippen MR) is 51.0 cm³/mol. The van der Waals surface area contributed by atoms with E-state index in [9.17, 15) is 0 Å². The number of hydrogen-bond acceptors (Lipinski definition) is 3. The van der Waals surface area contributed by atoms with Gasteiger partial charge in [-0.1, -0.05) is 24.5 Å². The summed E-state index contributed by atoms with van der Waals surface area (Å²) < 4.78 is 1.87. The van der Waals surface area contributed by atoms with Crippen molar-refractivity contribution < 1.29 is 0 Å². The summed E-state index contributed by atoms with van der Waals surface area (Å²) in [5.41, 5.74) is 5.49. The summed E-state index contributed by atoms with van der Waals surface area (Å²) in [6.07, 6.45) is 8.62. The molecule has 0 unspecified atom stereocenters. The molecule has 0 aromatic carbocycles. The summed E-state index contributed by atoms with van der Waals surface area (Å²) in [6, 6.07) is 0. The van der Waals surface area contributed by atoms with Gasteiger partial charge in [0.15, 0.2) is 5.82 Å². The molecule has 72 valence electrons. The summed E-state index contributed by atoms with van der Waals surface area (Å²) in [5, 5.41) is 7.72. The first-order valence-electron chi connectivity index (χ1n) is 5.00. The van der Waals surface area contributed by atoms with Crippen LogP contribution in [0.5, 0.6) is 0 Å². The highest BCUT2D eigenvalue weighted by molar-refractivity contribution is 5.19. The van der Waals surface area contributed by atoms with Crippen molar-refractivity contribution in [1.29, 1.82) is 0 Å². The van der Waals surface area contributed by atoms with Gasteiger partial charge >= 0.3 is 0 Å². The van der Waals surface area contributed by atoms with E-state index < -0.39 is 0 Å². The van der Waals surface area contributed by atoms with Crippen LogP contribution in [0.15, 0.2) is 6.20 Å². The van der Waals surface area contributed by atoms with Crippen LogP contribution in [-0.2, 0) is 6.54 Å². The van der Waals surface area contributed by atoms with Crippen LogP contribution in [0.1, 0.15) is 32.1 Å². The SMILES string of the molecule is Nc1cn(CC2CCCCC2)nn1. The van der Waals surface area contributed by atoms with Crippen molar-refractivity contribution >= 4 is 5.82 Å². The summed E-state index contributed by atoms with van der Waals surface area (Å²) in [7, 11) is 0. The van der Waals surface area contributed by atoms with Gasteiger partial charge in [0.05, 0.1) is 6.20 Å². The lowest BCUT2D eigenvalue weighted by Gasteiger charge is -2.20. The Bertz CT molecular complexity index is 262. The number of rotatable bonds is 2. The standard InChI is InChI=1S/C9H16N4/c10-9-7-13(12-11-9)6-8-4-2-1-3-5-8/h7-8H,1-6,10H2. The van der Waals surface area contributed by atoms with E-state index in [0.29, 0.717) is 5.82 Å². The van der Waals surface area contributed by atoms with Gasteiger partial charge in [-0.05, 0) is 18.8 Å². The van der Waals surface area contributed by atoms with Crippen molar-refractivity contribution in [3.63, 3.8) is 0 Å². The van der Waals surface area contributed by atoms with Crippen LogP contribution < -0.4 is 5.73 Å². The van der Waals surface area contributed by atoms with E-state index in [1.807, 2.05) is 10.9 Å². The normalized spacial score (nSPS) is 19.1. The van der Waals surface area contributed by atoms with Gasteiger partial charge in [0.2, 0.25) is 0 Å². The van der Waals surface area contributed by atoms with Crippen LogP contribution in [0, 0.1) is 5.92 Å². The first-order chi connectivity index (χ1) is 6.34. The summed E-state index contributed by atoms with van der Waals surface area (Å²) >= 11 is 0. The van der Waals surface area contributed by atoms with Gasteiger partial charge in [0, 0.05) is 6.54 Å². The van der Waals surface area contributed by atoms with Crippen LogP contribution in [0.2, 0.25) is 0 Å². The number of anilines is 1. The number of nitrogens with zero attached hydrogens (tertiary/aromatic N) is 3. The zero-order valence-corrected chi connectivity index (χ0v) is 7.82. The van der Waals surface area contributed by atoms with Crippen LogP contribution in [-0.4, -0.2) is 15.0 Å². The summed E-state index contributed by atoms with van der Waals surface area (Å²) in [6.45, 7) is 0.990. The van der Waals surface area contributed by atoms with E-state index in [-0.39, 0.29) is 0 Å². The number of aromatic nitrogens is 3. The molecule has 1 aliphatic rings. The minimum Gasteiger partial charge on any atom is -0.381 e. The zero-order valence-electron chi connectivity index (χ0n) is 7.82. The van der Waals surface area contributed by atoms with Crippen molar-refractivity contribution in [1.82, 2.24) is 15.0 Å². The molecule has 4 heteroatoms. The highest BCUT2D eigenvalue weighted by atomic mass is 15.4. The molecular formula is C9H16N4. The topological polar surface area (TPSA) is 56.7 Å². The molecular weight excluding hydrogens is 164 g/mol. The first-order valence-corrected chi connectivity index (χ1v) is 5.00. The van der Waals surface area contributed by atoms with Gasteiger partial charge in [-0.25, -0.2) is 0 Å². The maximum atomic E-state index is 5.49. The maximum Gasteiger partial charge on any atom is 0.165 e. The molecule has 0 saturated heterocycles. The Balaban J connectivity index is 1.89. The Hall–Kier alpha value is -1.06. The second-order valence-electron chi connectivity index (χ2n) is 3.87. The molecule has 1 aromatic heterocycles. The molecule has 0 radical (unpaired) electrons. The predicted octanol–water partition coefficient (Wildman–Crippen LogP) is 1.44. The molecule has 0 spiro atoms. The molecule has 0 atom stereocenters. The molecule has 0 bridgehead atoms. The highest BCUT2D eigenvalue weighted by Crippen LogP contribution is 2.24. The quantitative estimate of drug-likeness (QED) is 0.749. The van der Waals surface area contributed by atoms with Crippen LogP contribution in [0.3, 0.4) is 0 Å². The Labute approximate surface area is 78.1 Å². The molecule has 13 heavy (non-hydrogen) atoms. The summed E-state index contributed by atoms with van der Waals surface area (Å²) in [4.78, 5) is 0. The van der Waals surface area contributed by atoms with E-state index >= 15 is 0 Å². The molecule has 0 amide bonds.